The van der Waals surface area contributed by atoms with Crippen molar-refractivity contribution in [2.24, 2.45) is 4.99 Å². The summed E-state index contributed by atoms with van der Waals surface area (Å²) in [5.74, 6) is -1.69. The number of carbonyl (C=O) groups is 1. The molecule has 30 heavy (non-hydrogen) atoms. The van der Waals surface area contributed by atoms with E-state index in [-0.39, 0.29) is 36.7 Å². The van der Waals surface area contributed by atoms with Crippen LogP contribution in [0.4, 0.5) is 17.6 Å². The molecule has 7 nitrogen and oxygen atoms in total. The van der Waals surface area contributed by atoms with Gasteiger partial charge in [-0.05, 0) is 28.8 Å². The molecule has 0 atom stereocenters. The third-order valence-corrected chi connectivity index (χ3v) is 4.36. The quantitative estimate of drug-likeness (QED) is 0.453. The summed E-state index contributed by atoms with van der Waals surface area (Å²) >= 11 is 0. The predicted molar refractivity (Wildman–Crippen MR) is 98.7 cm³/mol. The second-order valence-corrected chi connectivity index (χ2v) is 6.38. The Morgan fingerprint density at radius 3 is 2.77 bits per heavy atom. The van der Waals surface area contributed by atoms with Crippen molar-refractivity contribution in [1.82, 2.24) is 15.2 Å². The number of hydrogen-bond acceptors (Lipinski definition) is 4. The molecule has 1 aliphatic rings. The van der Waals surface area contributed by atoms with Crippen molar-refractivity contribution in [1.29, 1.82) is 10.7 Å². The van der Waals surface area contributed by atoms with Gasteiger partial charge in [-0.3, -0.25) is 10.2 Å². The van der Waals surface area contributed by atoms with Crippen molar-refractivity contribution in [2.45, 2.75) is 19.3 Å². The molecule has 2 N–H and O–H groups in total. The fourth-order valence-corrected chi connectivity index (χ4v) is 3.01. The fourth-order valence-electron chi connectivity index (χ4n) is 3.01. The number of amidine groups is 1. The maximum absolute atomic E-state index is 13.6. The molecule has 0 saturated carbocycles. The fraction of sp³-hybridized carbons (Fsp3) is 0.211. The van der Waals surface area contributed by atoms with Crippen LogP contribution in [-0.4, -0.2) is 34.5 Å². The number of halogens is 4. The second kappa shape index (κ2) is 8.28. The van der Waals surface area contributed by atoms with Crippen molar-refractivity contribution in [3.8, 4) is 17.2 Å². The Morgan fingerprint density at radius 1 is 1.33 bits per heavy atom. The Kier molecular flexibility index (Phi) is 5.77. The van der Waals surface area contributed by atoms with Crippen LogP contribution in [0.15, 0.2) is 35.5 Å². The number of fused-ring (bicyclic) bond motifs is 1. The van der Waals surface area contributed by atoms with E-state index in [0.29, 0.717) is 11.8 Å². The lowest BCUT2D eigenvalue weighted by molar-refractivity contribution is -0.140. The second-order valence-electron chi connectivity index (χ2n) is 6.38. The van der Waals surface area contributed by atoms with Crippen molar-refractivity contribution in [3.63, 3.8) is 0 Å². The van der Waals surface area contributed by atoms with Gasteiger partial charge in [-0.1, -0.05) is 12.1 Å². The number of benzene rings is 1. The van der Waals surface area contributed by atoms with E-state index < -0.39 is 23.5 Å². The van der Waals surface area contributed by atoms with Gasteiger partial charge >= 0.3 is 6.18 Å². The van der Waals surface area contributed by atoms with Crippen LogP contribution in [0, 0.1) is 22.6 Å². The maximum atomic E-state index is 13.6. The molecule has 0 radical (unpaired) electrons. The lowest BCUT2D eigenvalue weighted by atomic mass is 9.99. The lowest BCUT2D eigenvalue weighted by Crippen LogP contribution is -2.34. The van der Waals surface area contributed by atoms with Gasteiger partial charge in [0.1, 0.15) is 11.9 Å². The van der Waals surface area contributed by atoms with Gasteiger partial charge in [0.25, 0.3) is 0 Å². The van der Waals surface area contributed by atoms with Crippen molar-refractivity contribution >= 4 is 18.1 Å². The van der Waals surface area contributed by atoms with E-state index in [1.807, 2.05) is 0 Å². The summed E-state index contributed by atoms with van der Waals surface area (Å²) in [4.78, 5) is 20.4. The smallest absolute Gasteiger partial charge is 0.367 e. The van der Waals surface area contributed by atoms with Crippen LogP contribution in [0.25, 0.3) is 11.1 Å². The van der Waals surface area contributed by atoms with E-state index in [9.17, 15) is 22.4 Å². The zero-order valence-electron chi connectivity index (χ0n) is 15.3. The molecule has 3 rings (SSSR count). The number of alkyl halides is 3. The number of rotatable bonds is 4. The monoisotopic (exact) mass is 418 g/mol. The molecule has 1 aromatic heterocycles. The highest BCUT2D eigenvalue weighted by Gasteiger charge is 2.36. The van der Waals surface area contributed by atoms with Crippen LogP contribution >= 0.6 is 0 Å². The van der Waals surface area contributed by atoms with E-state index in [1.165, 1.54) is 23.1 Å². The average Bonchev–Trinajstić information content (AvgIpc) is 3.13. The molecular weight excluding hydrogens is 404 g/mol. The summed E-state index contributed by atoms with van der Waals surface area (Å²) in [6.07, 6.45) is -3.14. The number of carbonyl (C=O) groups excluding carboxylic acids is 1. The zero-order chi connectivity index (χ0) is 21.9. The van der Waals surface area contributed by atoms with E-state index in [4.69, 9.17) is 10.7 Å². The van der Waals surface area contributed by atoms with Gasteiger partial charge in [0.05, 0.1) is 19.1 Å². The minimum Gasteiger partial charge on any atom is -0.367 e. The number of nitrogens with zero attached hydrogens (tertiary/aromatic N) is 4. The molecule has 0 aliphatic carbocycles. The highest BCUT2D eigenvalue weighted by molar-refractivity contribution is 5.98. The third-order valence-electron chi connectivity index (χ3n) is 4.36. The number of aromatic nitrogens is 1. The molecule has 0 fully saturated rings. The van der Waals surface area contributed by atoms with Gasteiger partial charge in [0.15, 0.2) is 5.69 Å². The summed E-state index contributed by atoms with van der Waals surface area (Å²) in [5, 5.41) is 18.0. The molecule has 1 aromatic carbocycles. The summed E-state index contributed by atoms with van der Waals surface area (Å²) in [6, 6.07) is 6.84. The Bertz CT molecular complexity index is 1070. The van der Waals surface area contributed by atoms with Gasteiger partial charge in [0.2, 0.25) is 11.7 Å². The highest BCUT2D eigenvalue weighted by atomic mass is 19.4. The van der Waals surface area contributed by atoms with E-state index >= 15 is 0 Å². The van der Waals surface area contributed by atoms with Crippen molar-refractivity contribution in [3.05, 3.63) is 53.1 Å². The first-order chi connectivity index (χ1) is 14.2. The first-order valence-electron chi connectivity index (χ1n) is 8.56. The number of amides is 1. The molecule has 0 spiro atoms. The van der Waals surface area contributed by atoms with Crippen LogP contribution in [0.1, 0.15) is 16.8 Å². The minimum atomic E-state index is -4.74. The number of nitrogens with one attached hydrogen (secondary N) is 2. The molecule has 154 valence electrons. The third kappa shape index (κ3) is 4.60. The van der Waals surface area contributed by atoms with Crippen molar-refractivity contribution in [2.75, 3.05) is 6.54 Å². The highest BCUT2D eigenvalue weighted by Crippen LogP contribution is 2.37. The molecule has 0 unspecified atom stereocenters. The molecule has 2 aromatic rings. The number of aliphatic imine (C=N–C) groups is 1. The van der Waals surface area contributed by atoms with Crippen molar-refractivity contribution < 1.29 is 22.4 Å². The largest absolute Gasteiger partial charge is 0.433 e. The van der Waals surface area contributed by atoms with Gasteiger partial charge < -0.3 is 10.2 Å². The van der Waals surface area contributed by atoms with Gasteiger partial charge in [-0.2, -0.15) is 18.4 Å². The summed E-state index contributed by atoms with van der Waals surface area (Å²) in [6.45, 7) is 0.322. The SMILES string of the molecule is N#CC(=N)/N=C\NCC(=O)N1Cc2ccc(-c3cc(F)cnc3C(F)(F)F)cc2C1. The van der Waals surface area contributed by atoms with Crippen LogP contribution in [-0.2, 0) is 24.1 Å². The van der Waals surface area contributed by atoms with E-state index in [2.05, 4.69) is 15.3 Å². The number of hydrogen-bond donors (Lipinski definition) is 2. The Balaban J connectivity index is 1.76. The summed E-state index contributed by atoms with van der Waals surface area (Å²) in [7, 11) is 0. The molecule has 0 saturated heterocycles. The maximum Gasteiger partial charge on any atom is 0.433 e. The number of pyridine rings is 1. The standard InChI is InChI=1S/C19H14F4N6O/c20-14-4-15(18(27-6-14)19(21,22)23)11-1-2-12-8-29(9-13(12)3-11)17(30)7-26-10-28-16(25)5-24/h1-4,6,10H,7-9H2,(H2,25,26,28). The van der Waals surface area contributed by atoms with Crippen LogP contribution < -0.4 is 5.32 Å². The Morgan fingerprint density at radius 2 is 2.07 bits per heavy atom. The normalized spacial score (nSPS) is 13.2. The van der Waals surface area contributed by atoms with Gasteiger partial charge in [-0.25, -0.2) is 14.4 Å². The van der Waals surface area contributed by atoms with E-state index in [1.54, 1.807) is 6.07 Å². The van der Waals surface area contributed by atoms with Gasteiger partial charge in [0, 0.05) is 18.7 Å². The van der Waals surface area contributed by atoms with E-state index in [0.717, 1.165) is 18.0 Å². The Hall–Kier alpha value is -3.81. The number of nitriles is 1. The average molecular weight is 418 g/mol. The van der Waals surface area contributed by atoms with Crippen LogP contribution in [0.3, 0.4) is 0 Å². The first-order valence-corrected chi connectivity index (χ1v) is 8.56. The first kappa shape index (κ1) is 20.9. The zero-order valence-corrected chi connectivity index (χ0v) is 15.3. The van der Waals surface area contributed by atoms with Crippen LogP contribution in [0.2, 0.25) is 0 Å². The molecule has 0 bridgehead atoms. The molecule has 1 aliphatic heterocycles. The summed E-state index contributed by atoms with van der Waals surface area (Å²) < 4.78 is 53.3. The lowest BCUT2D eigenvalue weighted by Gasteiger charge is -2.15. The molecule has 1 amide bonds. The minimum absolute atomic E-state index is 0.130. The predicted octanol–water partition coefficient (Wildman–Crippen LogP) is 2.87. The Labute approximate surface area is 168 Å². The summed E-state index contributed by atoms with van der Waals surface area (Å²) in [5.41, 5.74) is 0.0276. The molecular formula is C19H14F4N6O. The van der Waals surface area contributed by atoms with Crippen LogP contribution in [0.5, 0.6) is 0 Å². The topological polar surface area (TPSA) is 105 Å². The molecule has 2 heterocycles. The van der Waals surface area contributed by atoms with Gasteiger partial charge in [-0.15, -0.1) is 0 Å². The molecule has 11 heteroatoms.